The lowest BCUT2D eigenvalue weighted by atomic mass is 10.2. The number of rotatable bonds is 4. The Balaban J connectivity index is 1.85. The lowest BCUT2D eigenvalue weighted by Gasteiger charge is -2.16. The smallest absolute Gasteiger partial charge is 0.262 e. The van der Waals surface area contributed by atoms with E-state index in [9.17, 15) is 17.6 Å². The first-order chi connectivity index (χ1) is 11.9. The number of amides is 1. The van der Waals surface area contributed by atoms with Crippen LogP contribution in [0.15, 0.2) is 47.4 Å². The van der Waals surface area contributed by atoms with Crippen molar-refractivity contribution in [3.63, 3.8) is 0 Å². The Labute approximate surface area is 146 Å². The van der Waals surface area contributed by atoms with E-state index in [1.807, 2.05) is 0 Å². The minimum absolute atomic E-state index is 0.00479. The second-order valence-electron chi connectivity index (χ2n) is 6.10. The average Bonchev–Trinajstić information content (AvgIpc) is 3.08. The molecule has 1 N–H and O–H groups in total. The maximum absolute atomic E-state index is 13.2. The molecule has 0 unspecified atom stereocenters. The van der Waals surface area contributed by atoms with Crippen molar-refractivity contribution in [2.45, 2.75) is 24.7 Å². The van der Waals surface area contributed by atoms with Crippen molar-refractivity contribution in [2.75, 3.05) is 17.8 Å². The van der Waals surface area contributed by atoms with Gasteiger partial charge < -0.3 is 4.90 Å². The quantitative estimate of drug-likeness (QED) is 0.908. The van der Waals surface area contributed by atoms with Gasteiger partial charge in [0, 0.05) is 24.3 Å². The van der Waals surface area contributed by atoms with Crippen molar-refractivity contribution in [3.05, 3.63) is 59.4 Å². The van der Waals surface area contributed by atoms with Gasteiger partial charge >= 0.3 is 0 Å². The van der Waals surface area contributed by atoms with Crippen LogP contribution < -0.4 is 4.72 Å². The summed E-state index contributed by atoms with van der Waals surface area (Å²) in [5.41, 5.74) is 1.06. The van der Waals surface area contributed by atoms with Crippen LogP contribution in [0.1, 0.15) is 28.8 Å². The van der Waals surface area contributed by atoms with E-state index in [4.69, 9.17) is 0 Å². The number of hydrogen-bond donors (Lipinski definition) is 1. The maximum atomic E-state index is 13.2. The molecule has 1 fully saturated rings. The highest BCUT2D eigenvalue weighted by Crippen LogP contribution is 2.22. The summed E-state index contributed by atoms with van der Waals surface area (Å²) in [4.78, 5) is 14.2. The maximum Gasteiger partial charge on any atom is 0.262 e. The number of nitrogens with zero attached hydrogens (tertiary/aromatic N) is 1. The zero-order valence-electron chi connectivity index (χ0n) is 13.8. The molecule has 0 aromatic heterocycles. The summed E-state index contributed by atoms with van der Waals surface area (Å²) in [6, 6.07) is 9.91. The van der Waals surface area contributed by atoms with Crippen molar-refractivity contribution in [2.24, 2.45) is 0 Å². The molecule has 1 aliphatic rings. The van der Waals surface area contributed by atoms with Crippen molar-refractivity contribution in [3.8, 4) is 0 Å². The van der Waals surface area contributed by atoms with Gasteiger partial charge in [-0.3, -0.25) is 9.52 Å². The van der Waals surface area contributed by atoms with Gasteiger partial charge in [0.25, 0.3) is 15.9 Å². The number of nitrogens with one attached hydrogen (secondary N) is 1. The van der Waals surface area contributed by atoms with Gasteiger partial charge in [-0.2, -0.15) is 0 Å². The second kappa shape index (κ2) is 6.84. The highest BCUT2D eigenvalue weighted by Gasteiger charge is 2.21. The van der Waals surface area contributed by atoms with Crippen LogP contribution in [-0.4, -0.2) is 32.3 Å². The number of carbonyl (C=O) groups is 1. The number of sulfonamides is 1. The molecule has 25 heavy (non-hydrogen) atoms. The van der Waals surface area contributed by atoms with Crippen LogP contribution in [0, 0.1) is 12.7 Å². The molecule has 2 aromatic rings. The molecule has 0 bridgehead atoms. The van der Waals surface area contributed by atoms with Gasteiger partial charge in [-0.1, -0.05) is 6.07 Å². The van der Waals surface area contributed by atoms with E-state index in [1.165, 1.54) is 25.1 Å². The van der Waals surface area contributed by atoms with Crippen LogP contribution >= 0.6 is 0 Å². The van der Waals surface area contributed by atoms with Crippen molar-refractivity contribution >= 4 is 21.6 Å². The summed E-state index contributed by atoms with van der Waals surface area (Å²) in [5.74, 6) is -0.592. The summed E-state index contributed by atoms with van der Waals surface area (Å²) >= 11 is 0. The zero-order chi connectivity index (χ0) is 18.0. The summed E-state index contributed by atoms with van der Waals surface area (Å²) in [5, 5.41) is 0. The average molecular weight is 362 g/mol. The molecule has 0 spiro atoms. The molecule has 2 aromatic carbocycles. The second-order valence-corrected chi connectivity index (χ2v) is 7.75. The zero-order valence-corrected chi connectivity index (χ0v) is 14.6. The Hall–Kier alpha value is -2.41. The first-order valence-electron chi connectivity index (χ1n) is 8.05. The molecule has 3 rings (SSSR count). The fourth-order valence-corrected chi connectivity index (χ4v) is 4.22. The van der Waals surface area contributed by atoms with Crippen LogP contribution in [0.2, 0.25) is 0 Å². The molecule has 1 saturated heterocycles. The molecule has 0 atom stereocenters. The van der Waals surface area contributed by atoms with E-state index in [-0.39, 0.29) is 10.8 Å². The molecule has 0 radical (unpaired) electrons. The van der Waals surface area contributed by atoms with Crippen LogP contribution in [0.5, 0.6) is 0 Å². The van der Waals surface area contributed by atoms with E-state index in [2.05, 4.69) is 4.72 Å². The lowest BCUT2D eigenvalue weighted by molar-refractivity contribution is 0.0793. The molecule has 0 saturated carbocycles. The van der Waals surface area contributed by atoms with E-state index in [1.54, 1.807) is 23.1 Å². The largest absolute Gasteiger partial charge is 0.339 e. The molecule has 1 heterocycles. The van der Waals surface area contributed by atoms with Crippen molar-refractivity contribution < 1.29 is 17.6 Å². The third kappa shape index (κ3) is 3.82. The van der Waals surface area contributed by atoms with E-state index >= 15 is 0 Å². The van der Waals surface area contributed by atoms with Gasteiger partial charge in [-0.25, -0.2) is 12.8 Å². The Morgan fingerprint density at radius 2 is 1.84 bits per heavy atom. The van der Waals surface area contributed by atoms with Crippen LogP contribution in [0.3, 0.4) is 0 Å². The van der Waals surface area contributed by atoms with Gasteiger partial charge in [0.1, 0.15) is 5.82 Å². The number of halogens is 1. The highest BCUT2D eigenvalue weighted by atomic mass is 32.2. The minimum atomic E-state index is -3.86. The number of likely N-dealkylation sites (tertiary alicyclic amines) is 1. The van der Waals surface area contributed by atoms with E-state index in [0.717, 1.165) is 32.0 Å². The molecule has 0 aliphatic carbocycles. The van der Waals surface area contributed by atoms with E-state index in [0.29, 0.717) is 16.8 Å². The SMILES string of the molecule is Cc1cc(F)ccc1S(=O)(=O)Nc1cccc(C(=O)N2CCCC2)c1. The summed E-state index contributed by atoms with van der Waals surface area (Å²) in [6.45, 7) is 2.98. The molecule has 5 nitrogen and oxygen atoms in total. The Bertz CT molecular complexity index is 906. The fraction of sp³-hybridized carbons (Fsp3) is 0.278. The Morgan fingerprint density at radius 1 is 1.12 bits per heavy atom. The number of aryl methyl sites for hydroxylation is 1. The third-order valence-corrected chi connectivity index (χ3v) is 5.72. The molecule has 132 valence electrons. The molecule has 1 amide bonds. The molecular formula is C18H19FN2O3S. The number of anilines is 1. The van der Waals surface area contributed by atoms with Gasteiger partial charge in [-0.05, 0) is 61.7 Å². The topological polar surface area (TPSA) is 66.5 Å². The van der Waals surface area contributed by atoms with Crippen LogP contribution in [-0.2, 0) is 10.0 Å². The summed E-state index contributed by atoms with van der Waals surface area (Å²) in [6.07, 6.45) is 1.98. The number of carbonyl (C=O) groups excluding carboxylic acids is 1. The van der Waals surface area contributed by atoms with Gasteiger partial charge in [0.05, 0.1) is 4.90 Å². The molecule has 7 heteroatoms. The highest BCUT2D eigenvalue weighted by molar-refractivity contribution is 7.92. The van der Waals surface area contributed by atoms with Gasteiger partial charge in [0.15, 0.2) is 0 Å². The number of hydrogen-bond acceptors (Lipinski definition) is 3. The predicted octanol–water partition coefficient (Wildman–Crippen LogP) is 3.17. The summed E-state index contributed by atoms with van der Waals surface area (Å²) < 4.78 is 40.7. The van der Waals surface area contributed by atoms with Crippen molar-refractivity contribution in [1.82, 2.24) is 4.90 Å². The standard InChI is InChI=1S/C18H19FN2O3S/c1-13-11-15(19)7-8-17(13)25(23,24)20-16-6-4-5-14(12-16)18(22)21-9-2-3-10-21/h4-8,11-12,20H,2-3,9-10H2,1H3. The Morgan fingerprint density at radius 3 is 2.52 bits per heavy atom. The predicted molar refractivity (Wildman–Crippen MR) is 93.5 cm³/mol. The number of benzene rings is 2. The van der Waals surface area contributed by atoms with Gasteiger partial charge in [0.2, 0.25) is 0 Å². The minimum Gasteiger partial charge on any atom is -0.339 e. The monoisotopic (exact) mass is 362 g/mol. The first kappa shape index (κ1) is 17.4. The fourth-order valence-electron chi connectivity index (χ4n) is 2.94. The van der Waals surface area contributed by atoms with Gasteiger partial charge in [-0.15, -0.1) is 0 Å². The van der Waals surface area contributed by atoms with Crippen LogP contribution in [0.4, 0.5) is 10.1 Å². The molecular weight excluding hydrogens is 343 g/mol. The Kier molecular flexibility index (Phi) is 4.76. The third-order valence-electron chi connectivity index (χ3n) is 4.18. The van der Waals surface area contributed by atoms with E-state index < -0.39 is 15.8 Å². The molecule has 1 aliphatic heterocycles. The first-order valence-corrected chi connectivity index (χ1v) is 9.53. The lowest BCUT2D eigenvalue weighted by Crippen LogP contribution is -2.27. The summed E-state index contributed by atoms with van der Waals surface area (Å²) in [7, 11) is -3.86. The van der Waals surface area contributed by atoms with Crippen LogP contribution in [0.25, 0.3) is 0 Å². The van der Waals surface area contributed by atoms with Crippen molar-refractivity contribution in [1.29, 1.82) is 0 Å². The normalized spacial score (nSPS) is 14.6.